The van der Waals surface area contributed by atoms with Crippen molar-refractivity contribution < 1.29 is 4.74 Å². The molecule has 0 unspecified atom stereocenters. The molecule has 2 atom stereocenters. The van der Waals surface area contributed by atoms with Crippen molar-refractivity contribution in [3.05, 3.63) is 29.8 Å². The molecule has 0 aromatic heterocycles. The molecule has 0 N–H and O–H groups in total. The predicted octanol–water partition coefficient (Wildman–Crippen LogP) is 2.82. The molecule has 1 aromatic carbocycles. The third-order valence-electron chi connectivity index (χ3n) is 3.87. The van der Waals surface area contributed by atoms with Crippen molar-refractivity contribution >= 4 is 0 Å². The molecule has 1 saturated heterocycles. The quantitative estimate of drug-likeness (QED) is 0.717. The first-order chi connectivity index (χ1) is 7.88. The summed E-state index contributed by atoms with van der Waals surface area (Å²) >= 11 is 0. The number of hydrogen-bond donors (Lipinski definition) is 0. The monoisotopic (exact) mass is 217 g/mol. The molecule has 0 spiro atoms. The summed E-state index contributed by atoms with van der Waals surface area (Å²) in [6.07, 6.45) is 4.11. The van der Waals surface area contributed by atoms with Crippen LogP contribution in [-0.2, 0) is 6.54 Å². The van der Waals surface area contributed by atoms with Crippen molar-refractivity contribution in [1.29, 1.82) is 0 Å². The van der Waals surface area contributed by atoms with E-state index in [4.69, 9.17) is 4.74 Å². The molecule has 0 aliphatic carbocycles. The minimum absolute atomic E-state index is 0.381. The van der Waals surface area contributed by atoms with Crippen molar-refractivity contribution in [2.24, 2.45) is 0 Å². The Morgan fingerprint density at radius 3 is 3.12 bits per heavy atom. The van der Waals surface area contributed by atoms with E-state index in [9.17, 15) is 0 Å². The minimum Gasteiger partial charge on any atom is -0.488 e. The maximum Gasteiger partial charge on any atom is 0.124 e. The average molecular weight is 217 g/mol. The average Bonchev–Trinajstić information content (AvgIpc) is 2.70. The molecule has 2 nitrogen and oxygen atoms in total. The summed E-state index contributed by atoms with van der Waals surface area (Å²) in [7, 11) is 0. The summed E-state index contributed by atoms with van der Waals surface area (Å²) in [5.41, 5.74) is 1.35. The van der Waals surface area contributed by atoms with E-state index in [1.807, 2.05) is 0 Å². The Balaban J connectivity index is 1.96. The molecule has 2 aliphatic rings. The molecule has 1 fully saturated rings. The van der Waals surface area contributed by atoms with E-state index in [-0.39, 0.29) is 0 Å². The van der Waals surface area contributed by atoms with Gasteiger partial charge in [0.15, 0.2) is 0 Å². The normalized spacial score (nSPS) is 29.1. The summed E-state index contributed by atoms with van der Waals surface area (Å²) in [5.74, 6) is 1.10. The van der Waals surface area contributed by atoms with E-state index < -0.39 is 0 Å². The molecule has 0 amide bonds. The lowest BCUT2D eigenvalue weighted by atomic mass is 10.1. The van der Waals surface area contributed by atoms with E-state index in [0.717, 1.165) is 18.7 Å². The third-order valence-corrected chi connectivity index (χ3v) is 3.87. The zero-order valence-corrected chi connectivity index (χ0v) is 9.86. The molecule has 1 aromatic rings. The van der Waals surface area contributed by atoms with Gasteiger partial charge >= 0.3 is 0 Å². The van der Waals surface area contributed by atoms with Gasteiger partial charge in [0.2, 0.25) is 0 Å². The summed E-state index contributed by atoms with van der Waals surface area (Å²) in [4.78, 5) is 2.60. The lowest BCUT2D eigenvalue weighted by Gasteiger charge is -2.27. The fourth-order valence-corrected chi connectivity index (χ4v) is 3.03. The summed E-state index contributed by atoms with van der Waals surface area (Å²) in [6.45, 7) is 4.53. The van der Waals surface area contributed by atoms with Gasteiger partial charge in [0.25, 0.3) is 0 Å². The molecule has 2 aliphatic heterocycles. The molecular formula is C14H19NO. The molecule has 0 bridgehead atoms. The van der Waals surface area contributed by atoms with E-state index in [1.54, 1.807) is 0 Å². The molecule has 3 rings (SSSR count). The Labute approximate surface area is 97.2 Å². The van der Waals surface area contributed by atoms with Crippen LogP contribution in [0, 0.1) is 0 Å². The van der Waals surface area contributed by atoms with Crippen molar-refractivity contribution in [2.75, 3.05) is 6.54 Å². The van der Waals surface area contributed by atoms with Gasteiger partial charge in [-0.15, -0.1) is 0 Å². The lowest BCUT2D eigenvalue weighted by molar-refractivity contribution is 0.102. The first kappa shape index (κ1) is 10.2. The van der Waals surface area contributed by atoms with Gasteiger partial charge in [-0.2, -0.15) is 0 Å². The standard InChI is InChI=1S/C14H19NO/c1-2-13-12-7-5-9-15(12)10-11-6-3-4-8-14(11)16-13/h3-4,6,8,12-13H,2,5,7,9-10H2,1H3/t12-,13+/m0/s1. The zero-order chi connectivity index (χ0) is 11.0. The van der Waals surface area contributed by atoms with Crippen LogP contribution < -0.4 is 4.74 Å². The Hall–Kier alpha value is -1.02. The van der Waals surface area contributed by atoms with Crippen LogP contribution in [-0.4, -0.2) is 23.6 Å². The number of ether oxygens (including phenoxy) is 1. The highest BCUT2D eigenvalue weighted by Crippen LogP contribution is 2.33. The van der Waals surface area contributed by atoms with Crippen LogP contribution in [0.5, 0.6) is 5.75 Å². The number of hydrogen-bond acceptors (Lipinski definition) is 2. The highest BCUT2D eigenvalue weighted by Gasteiger charge is 2.35. The Morgan fingerprint density at radius 2 is 2.25 bits per heavy atom. The highest BCUT2D eigenvalue weighted by molar-refractivity contribution is 5.34. The van der Waals surface area contributed by atoms with E-state index in [1.165, 1.54) is 24.9 Å². The Bertz CT molecular complexity index is 362. The van der Waals surface area contributed by atoms with Gasteiger partial charge in [-0.1, -0.05) is 25.1 Å². The van der Waals surface area contributed by atoms with Crippen LogP contribution in [0.15, 0.2) is 24.3 Å². The van der Waals surface area contributed by atoms with Crippen molar-refractivity contribution in [3.63, 3.8) is 0 Å². The van der Waals surface area contributed by atoms with Crippen LogP contribution in [0.3, 0.4) is 0 Å². The van der Waals surface area contributed by atoms with Crippen LogP contribution in [0.4, 0.5) is 0 Å². The molecule has 2 heteroatoms. The fraction of sp³-hybridized carbons (Fsp3) is 0.571. The molecule has 2 heterocycles. The smallest absolute Gasteiger partial charge is 0.124 e. The number of fused-ring (bicyclic) bond motifs is 2. The van der Waals surface area contributed by atoms with Gasteiger partial charge < -0.3 is 4.74 Å². The number of para-hydroxylation sites is 1. The van der Waals surface area contributed by atoms with E-state index in [2.05, 4.69) is 36.1 Å². The first-order valence-electron chi connectivity index (χ1n) is 6.37. The van der Waals surface area contributed by atoms with Gasteiger partial charge in [0, 0.05) is 18.2 Å². The largest absolute Gasteiger partial charge is 0.488 e. The van der Waals surface area contributed by atoms with Gasteiger partial charge in [0.05, 0.1) is 0 Å². The Kier molecular flexibility index (Phi) is 2.60. The van der Waals surface area contributed by atoms with Crippen molar-refractivity contribution in [1.82, 2.24) is 4.90 Å². The van der Waals surface area contributed by atoms with E-state index in [0.29, 0.717) is 12.1 Å². The van der Waals surface area contributed by atoms with Crippen LogP contribution in [0.1, 0.15) is 31.7 Å². The number of nitrogens with zero attached hydrogens (tertiary/aromatic N) is 1. The second-order valence-electron chi connectivity index (χ2n) is 4.85. The summed E-state index contributed by atoms with van der Waals surface area (Å²) in [6, 6.07) is 9.13. The molecular weight excluding hydrogens is 198 g/mol. The topological polar surface area (TPSA) is 12.5 Å². The zero-order valence-electron chi connectivity index (χ0n) is 9.86. The second-order valence-corrected chi connectivity index (χ2v) is 4.85. The van der Waals surface area contributed by atoms with Crippen LogP contribution in [0.2, 0.25) is 0 Å². The number of rotatable bonds is 1. The van der Waals surface area contributed by atoms with Crippen molar-refractivity contribution in [3.8, 4) is 5.75 Å². The van der Waals surface area contributed by atoms with Gasteiger partial charge in [-0.05, 0) is 31.9 Å². The SMILES string of the molecule is CC[C@H]1Oc2ccccc2CN2CCC[C@@H]12. The van der Waals surface area contributed by atoms with Crippen LogP contribution >= 0.6 is 0 Å². The van der Waals surface area contributed by atoms with Gasteiger partial charge in [0.1, 0.15) is 11.9 Å². The summed E-state index contributed by atoms with van der Waals surface area (Å²) < 4.78 is 6.18. The predicted molar refractivity (Wildman–Crippen MR) is 64.6 cm³/mol. The fourth-order valence-electron chi connectivity index (χ4n) is 3.03. The van der Waals surface area contributed by atoms with E-state index >= 15 is 0 Å². The third kappa shape index (κ3) is 1.61. The summed E-state index contributed by atoms with van der Waals surface area (Å²) in [5, 5.41) is 0. The second kappa shape index (κ2) is 4.10. The Morgan fingerprint density at radius 1 is 1.38 bits per heavy atom. The van der Waals surface area contributed by atoms with Crippen molar-refractivity contribution in [2.45, 2.75) is 44.9 Å². The first-order valence-corrected chi connectivity index (χ1v) is 6.37. The lowest BCUT2D eigenvalue weighted by Crippen LogP contribution is -2.39. The van der Waals surface area contributed by atoms with Gasteiger partial charge in [-0.25, -0.2) is 0 Å². The maximum atomic E-state index is 6.18. The maximum absolute atomic E-state index is 6.18. The van der Waals surface area contributed by atoms with Crippen LogP contribution in [0.25, 0.3) is 0 Å². The molecule has 0 saturated carbocycles. The highest BCUT2D eigenvalue weighted by atomic mass is 16.5. The number of benzene rings is 1. The molecule has 16 heavy (non-hydrogen) atoms. The molecule has 0 radical (unpaired) electrons. The molecule has 86 valence electrons. The minimum atomic E-state index is 0.381. The van der Waals surface area contributed by atoms with Gasteiger partial charge in [-0.3, -0.25) is 4.90 Å².